The standard InChI is InChI=1S/C18H17ClN2O3/c1-12-5-6-14(19)9-16(12)24-18(23)13-8-17(22)21(10-13)11-15-4-2-3-7-20-15/h2-7,9,13H,8,10-11H2,1H3/t13-/m0/s1. The first-order chi connectivity index (χ1) is 11.5. The maximum absolute atomic E-state index is 12.4. The maximum atomic E-state index is 12.4. The van der Waals surface area contributed by atoms with Crippen LogP contribution >= 0.6 is 11.6 Å². The average molecular weight is 345 g/mol. The van der Waals surface area contributed by atoms with E-state index in [-0.39, 0.29) is 12.3 Å². The van der Waals surface area contributed by atoms with Crippen LogP contribution in [0.3, 0.4) is 0 Å². The van der Waals surface area contributed by atoms with Gasteiger partial charge in [-0.3, -0.25) is 14.6 Å². The Labute approximate surface area is 145 Å². The van der Waals surface area contributed by atoms with E-state index in [2.05, 4.69) is 4.98 Å². The number of amides is 1. The van der Waals surface area contributed by atoms with Crippen molar-refractivity contribution in [1.29, 1.82) is 0 Å². The Kier molecular flexibility index (Phi) is 4.81. The van der Waals surface area contributed by atoms with E-state index < -0.39 is 11.9 Å². The number of aryl methyl sites for hydroxylation is 1. The summed E-state index contributed by atoms with van der Waals surface area (Å²) in [6, 6.07) is 10.7. The second-order valence-electron chi connectivity index (χ2n) is 5.83. The monoisotopic (exact) mass is 344 g/mol. The van der Waals surface area contributed by atoms with Crippen LogP contribution in [0.15, 0.2) is 42.6 Å². The van der Waals surface area contributed by atoms with E-state index in [1.807, 2.05) is 25.1 Å². The molecule has 0 unspecified atom stereocenters. The molecule has 0 radical (unpaired) electrons. The number of hydrogen-bond acceptors (Lipinski definition) is 4. The van der Waals surface area contributed by atoms with E-state index in [4.69, 9.17) is 16.3 Å². The van der Waals surface area contributed by atoms with Crippen LogP contribution in [0.25, 0.3) is 0 Å². The largest absolute Gasteiger partial charge is 0.426 e. The molecular weight excluding hydrogens is 328 g/mol. The van der Waals surface area contributed by atoms with E-state index in [9.17, 15) is 9.59 Å². The number of hydrogen-bond donors (Lipinski definition) is 0. The second-order valence-corrected chi connectivity index (χ2v) is 6.26. The third-order valence-corrected chi connectivity index (χ3v) is 4.22. The van der Waals surface area contributed by atoms with Gasteiger partial charge in [-0.05, 0) is 36.8 Å². The number of likely N-dealkylation sites (tertiary alicyclic amines) is 1. The summed E-state index contributed by atoms with van der Waals surface area (Å²) >= 11 is 5.94. The minimum Gasteiger partial charge on any atom is -0.426 e. The van der Waals surface area contributed by atoms with Gasteiger partial charge in [0.15, 0.2) is 0 Å². The van der Waals surface area contributed by atoms with Gasteiger partial charge < -0.3 is 9.64 Å². The van der Waals surface area contributed by atoms with Gasteiger partial charge in [-0.15, -0.1) is 0 Å². The molecule has 2 heterocycles. The number of esters is 1. The molecule has 1 aliphatic rings. The number of halogens is 1. The van der Waals surface area contributed by atoms with Crippen LogP contribution in [-0.2, 0) is 16.1 Å². The lowest BCUT2D eigenvalue weighted by atomic mass is 10.1. The Morgan fingerprint density at radius 1 is 1.38 bits per heavy atom. The molecule has 6 heteroatoms. The molecular formula is C18H17ClN2O3. The van der Waals surface area contributed by atoms with Crippen LogP contribution in [-0.4, -0.2) is 28.3 Å². The first-order valence-corrected chi connectivity index (χ1v) is 8.06. The minimum absolute atomic E-state index is 0.0644. The van der Waals surface area contributed by atoms with E-state index >= 15 is 0 Å². The van der Waals surface area contributed by atoms with Gasteiger partial charge in [0.1, 0.15) is 5.75 Å². The zero-order valence-corrected chi connectivity index (χ0v) is 14.0. The first-order valence-electron chi connectivity index (χ1n) is 7.68. The Hall–Kier alpha value is -2.40. The summed E-state index contributed by atoms with van der Waals surface area (Å²) in [6.07, 6.45) is 1.84. The highest BCUT2D eigenvalue weighted by Gasteiger charge is 2.35. The number of pyridine rings is 1. The van der Waals surface area contributed by atoms with Crippen molar-refractivity contribution in [1.82, 2.24) is 9.88 Å². The fourth-order valence-electron chi connectivity index (χ4n) is 2.65. The van der Waals surface area contributed by atoms with Crippen LogP contribution in [0, 0.1) is 12.8 Å². The predicted octanol–water partition coefficient (Wildman–Crippen LogP) is 3.00. The fourth-order valence-corrected chi connectivity index (χ4v) is 2.81. The van der Waals surface area contributed by atoms with Crippen LogP contribution in [0.5, 0.6) is 5.75 Å². The zero-order valence-electron chi connectivity index (χ0n) is 13.2. The highest BCUT2D eigenvalue weighted by Crippen LogP contribution is 2.26. The highest BCUT2D eigenvalue weighted by atomic mass is 35.5. The van der Waals surface area contributed by atoms with Gasteiger partial charge in [0, 0.05) is 24.2 Å². The normalized spacial score (nSPS) is 17.2. The van der Waals surface area contributed by atoms with Crippen molar-refractivity contribution in [2.45, 2.75) is 19.9 Å². The van der Waals surface area contributed by atoms with E-state index in [1.54, 1.807) is 29.3 Å². The van der Waals surface area contributed by atoms with Gasteiger partial charge in [-0.25, -0.2) is 0 Å². The molecule has 1 atom stereocenters. The molecule has 2 aromatic rings. The van der Waals surface area contributed by atoms with Crippen LogP contribution in [0.4, 0.5) is 0 Å². The number of ether oxygens (including phenoxy) is 1. The molecule has 0 spiro atoms. The molecule has 0 aliphatic carbocycles. The number of nitrogens with zero attached hydrogens (tertiary/aromatic N) is 2. The molecule has 0 N–H and O–H groups in total. The Bertz CT molecular complexity index is 764. The van der Waals surface area contributed by atoms with Crippen molar-refractivity contribution in [2.75, 3.05) is 6.54 Å². The van der Waals surface area contributed by atoms with Crippen molar-refractivity contribution in [3.63, 3.8) is 0 Å². The number of benzene rings is 1. The lowest BCUT2D eigenvalue weighted by molar-refractivity contribution is -0.139. The van der Waals surface area contributed by atoms with Crippen molar-refractivity contribution < 1.29 is 14.3 Å². The summed E-state index contributed by atoms with van der Waals surface area (Å²) in [5.41, 5.74) is 1.62. The summed E-state index contributed by atoms with van der Waals surface area (Å²) in [5, 5.41) is 0.502. The van der Waals surface area contributed by atoms with Gasteiger partial charge >= 0.3 is 5.97 Å². The summed E-state index contributed by atoms with van der Waals surface area (Å²) in [6.45, 7) is 2.58. The molecule has 1 amide bonds. The predicted molar refractivity (Wildman–Crippen MR) is 89.6 cm³/mol. The molecule has 0 saturated carbocycles. The van der Waals surface area contributed by atoms with Gasteiger partial charge in [-0.1, -0.05) is 23.7 Å². The lowest BCUT2D eigenvalue weighted by Crippen LogP contribution is -2.27. The van der Waals surface area contributed by atoms with Crippen molar-refractivity contribution in [3.8, 4) is 5.75 Å². The highest BCUT2D eigenvalue weighted by molar-refractivity contribution is 6.30. The third kappa shape index (κ3) is 3.74. The number of rotatable bonds is 4. The Morgan fingerprint density at radius 2 is 2.21 bits per heavy atom. The number of carbonyl (C=O) groups excluding carboxylic acids is 2. The fraction of sp³-hybridized carbons (Fsp3) is 0.278. The second kappa shape index (κ2) is 7.01. The molecule has 1 saturated heterocycles. The van der Waals surface area contributed by atoms with Crippen LogP contribution in [0.2, 0.25) is 5.02 Å². The van der Waals surface area contributed by atoms with Crippen LogP contribution < -0.4 is 4.74 Å². The van der Waals surface area contributed by atoms with E-state index in [0.29, 0.717) is 23.9 Å². The van der Waals surface area contributed by atoms with Crippen molar-refractivity contribution in [2.24, 2.45) is 5.92 Å². The topological polar surface area (TPSA) is 59.5 Å². The third-order valence-electron chi connectivity index (χ3n) is 3.99. The smallest absolute Gasteiger partial charge is 0.316 e. The maximum Gasteiger partial charge on any atom is 0.316 e. The first kappa shape index (κ1) is 16.5. The van der Waals surface area contributed by atoms with E-state index in [1.165, 1.54) is 0 Å². The molecule has 0 bridgehead atoms. The van der Waals surface area contributed by atoms with Crippen LogP contribution in [0.1, 0.15) is 17.7 Å². The van der Waals surface area contributed by atoms with Gasteiger partial charge in [0.2, 0.25) is 5.91 Å². The van der Waals surface area contributed by atoms with Gasteiger partial charge in [0.05, 0.1) is 18.2 Å². The quantitative estimate of drug-likeness (QED) is 0.632. The van der Waals surface area contributed by atoms with E-state index in [0.717, 1.165) is 11.3 Å². The molecule has 124 valence electrons. The molecule has 1 aromatic carbocycles. The molecule has 5 nitrogen and oxygen atoms in total. The average Bonchev–Trinajstić information content (AvgIpc) is 2.93. The Balaban J connectivity index is 1.64. The lowest BCUT2D eigenvalue weighted by Gasteiger charge is -2.16. The molecule has 1 aromatic heterocycles. The molecule has 1 fully saturated rings. The summed E-state index contributed by atoms with van der Waals surface area (Å²) in [7, 11) is 0. The zero-order chi connectivity index (χ0) is 17.1. The number of carbonyl (C=O) groups is 2. The van der Waals surface area contributed by atoms with Gasteiger partial charge in [-0.2, -0.15) is 0 Å². The molecule has 3 rings (SSSR count). The summed E-state index contributed by atoms with van der Waals surface area (Å²) < 4.78 is 5.44. The van der Waals surface area contributed by atoms with Crippen molar-refractivity contribution >= 4 is 23.5 Å². The molecule has 24 heavy (non-hydrogen) atoms. The molecule has 1 aliphatic heterocycles. The SMILES string of the molecule is Cc1ccc(Cl)cc1OC(=O)[C@H]1CC(=O)N(Cc2ccccn2)C1. The van der Waals surface area contributed by atoms with Gasteiger partial charge in [0.25, 0.3) is 0 Å². The summed E-state index contributed by atoms with van der Waals surface area (Å²) in [5.74, 6) is -0.509. The Morgan fingerprint density at radius 3 is 2.96 bits per heavy atom. The summed E-state index contributed by atoms with van der Waals surface area (Å²) in [4.78, 5) is 30.3. The number of aromatic nitrogens is 1. The van der Waals surface area contributed by atoms with Crippen molar-refractivity contribution in [3.05, 3.63) is 58.9 Å². The minimum atomic E-state index is -0.473.